The predicted octanol–water partition coefficient (Wildman–Crippen LogP) is 2.53. The number of carbonyl (C=O) groups excluding carboxylic acids is 1. The normalized spacial score (nSPS) is 16.5. The number of aromatic nitrogens is 1. The summed E-state index contributed by atoms with van der Waals surface area (Å²) >= 11 is 1.20. The van der Waals surface area contributed by atoms with Gasteiger partial charge in [0.25, 0.3) is 5.56 Å². The zero-order valence-corrected chi connectivity index (χ0v) is 16.5. The number of fused-ring (bicyclic) bond motifs is 1. The van der Waals surface area contributed by atoms with Crippen molar-refractivity contribution in [2.75, 3.05) is 6.61 Å². The molecule has 3 aromatic rings. The fraction of sp³-hybridized carbons (Fsp3) is 0.190. The van der Waals surface area contributed by atoms with Gasteiger partial charge in [-0.2, -0.15) is 0 Å². The van der Waals surface area contributed by atoms with Gasteiger partial charge in [0.15, 0.2) is 4.80 Å². The number of hydrogen-bond donors (Lipinski definition) is 0. The van der Waals surface area contributed by atoms with Crippen molar-refractivity contribution >= 4 is 23.4 Å². The van der Waals surface area contributed by atoms with Crippen molar-refractivity contribution in [3.63, 3.8) is 0 Å². The van der Waals surface area contributed by atoms with Crippen LogP contribution in [-0.4, -0.2) is 17.1 Å². The number of benzene rings is 1. The van der Waals surface area contributed by atoms with Crippen LogP contribution in [0.3, 0.4) is 0 Å². The van der Waals surface area contributed by atoms with Crippen LogP contribution < -0.4 is 14.9 Å². The Labute approximate surface area is 168 Å². The highest BCUT2D eigenvalue weighted by atomic mass is 32.1. The van der Waals surface area contributed by atoms with Crippen LogP contribution in [-0.2, 0) is 9.53 Å². The molecule has 0 bridgehead atoms. The average molecular weight is 412 g/mol. The molecule has 1 aliphatic rings. The van der Waals surface area contributed by atoms with E-state index in [0.29, 0.717) is 26.4 Å². The molecule has 0 N–H and O–H groups in total. The Balaban J connectivity index is 1.93. The SMILES string of the molecule is CCOC(=O)C1=C(C)N=c2sc(=Cc3ccc(F)cc3)c(=O)n2C1c1ccco1. The van der Waals surface area contributed by atoms with Crippen LogP contribution in [0.5, 0.6) is 0 Å². The molecule has 0 radical (unpaired) electrons. The number of esters is 1. The van der Waals surface area contributed by atoms with Crippen molar-refractivity contribution in [3.8, 4) is 0 Å². The predicted molar refractivity (Wildman–Crippen MR) is 106 cm³/mol. The van der Waals surface area contributed by atoms with Crippen molar-refractivity contribution in [1.82, 2.24) is 4.57 Å². The third kappa shape index (κ3) is 3.47. The molecule has 1 atom stereocenters. The van der Waals surface area contributed by atoms with Crippen LogP contribution in [0.4, 0.5) is 4.39 Å². The number of nitrogens with zero attached hydrogens (tertiary/aromatic N) is 2. The quantitative estimate of drug-likeness (QED) is 0.618. The summed E-state index contributed by atoms with van der Waals surface area (Å²) in [5.41, 5.74) is 1.11. The highest BCUT2D eigenvalue weighted by Gasteiger charge is 2.34. The first-order valence-corrected chi connectivity index (χ1v) is 9.80. The van der Waals surface area contributed by atoms with Crippen molar-refractivity contribution in [2.24, 2.45) is 4.99 Å². The molecule has 0 fully saturated rings. The summed E-state index contributed by atoms with van der Waals surface area (Å²) in [6.07, 6.45) is 3.16. The fourth-order valence-corrected chi connectivity index (χ4v) is 4.26. The molecular weight excluding hydrogens is 395 g/mol. The summed E-state index contributed by atoms with van der Waals surface area (Å²) in [4.78, 5) is 30.8. The second-order valence-corrected chi connectivity index (χ2v) is 7.38. The molecule has 1 aliphatic heterocycles. The number of hydrogen-bond acceptors (Lipinski definition) is 6. The van der Waals surface area contributed by atoms with Gasteiger partial charge in [-0.3, -0.25) is 9.36 Å². The number of carbonyl (C=O) groups is 1. The Morgan fingerprint density at radius 1 is 1.34 bits per heavy atom. The van der Waals surface area contributed by atoms with Crippen LogP contribution >= 0.6 is 11.3 Å². The van der Waals surface area contributed by atoms with E-state index in [0.717, 1.165) is 0 Å². The van der Waals surface area contributed by atoms with E-state index in [1.54, 1.807) is 44.2 Å². The minimum atomic E-state index is -0.768. The van der Waals surface area contributed by atoms with E-state index in [1.165, 1.54) is 34.3 Å². The van der Waals surface area contributed by atoms with Crippen molar-refractivity contribution < 1.29 is 18.3 Å². The summed E-state index contributed by atoms with van der Waals surface area (Å²) < 4.78 is 25.8. The monoisotopic (exact) mass is 412 g/mol. The van der Waals surface area contributed by atoms with Crippen LogP contribution in [0.25, 0.3) is 6.08 Å². The molecule has 148 valence electrons. The first-order chi connectivity index (χ1) is 14.0. The molecule has 0 amide bonds. The van der Waals surface area contributed by atoms with E-state index >= 15 is 0 Å². The standard InChI is InChI=1S/C21H17FN2O4S/c1-3-27-20(26)17-12(2)23-21-24(18(17)15-5-4-10-28-15)19(25)16(29-21)11-13-6-8-14(22)9-7-13/h4-11,18H,3H2,1-2H3. The van der Waals surface area contributed by atoms with Gasteiger partial charge in [0.05, 0.1) is 28.7 Å². The largest absolute Gasteiger partial charge is 0.467 e. The number of thiazole rings is 1. The van der Waals surface area contributed by atoms with E-state index in [-0.39, 0.29) is 23.6 Å². The minimum absolute atomic E-state index is 0.204. The summed E-state index contributed by atoms with van der Waals surface area (Å²) in [7, 11) is 0. The van der Waals surface area contributed by atoms with Crippen LogP contribution in [0, 0.1) is 5.82 Å². The average Bonchev–Trinajstić information content (AvgIpc) is 3.32. The molecule has 3 heterocycles. The molecule has 29 heavy (non-hydrogen) atoms. The van der Waals surface area contributed by atoms with Gasteiger partial charge in [-0.05, 0) is 49.8 Å². The Kier molecular flexibility index (Phi) is 5.02. The number of furan rings is 1. The molecule has 8 heteroatoms. The van der Waals surface area contributed by atoms with Crippen LogP contribution in [0.1, 0.15) is 31.2 Å². The molecule has 6 nitrogen and oxygen atoms in total. The third-order valence-corrected chi connectivity index (χ3v) is 5.48. The van der Waals surface area contributed by atoms with Gasteiger partial charge in [0.2, 0.25) is 0 Å². The highest BCUT2D eigenvalue weighted by Crippen LogP contribution is 2.30. The summed E-state index contributed by atoms with van der Waals surface area (Å²) in [6.45, 7) is 3.63. The van der Waals surface area contributed by atoms with Gasteiger partial charge in [-0.15, -0.1) is 0 Å². The van der Waals surface area contributed by atoms with Crippen LogP contribution in [0.15, 0.2) is 68.1 Å². The molecule has 0 saturated heterocycles. The smallest absolute Gasteiger partial charge is 0.338 e. The van der Waals surface area contributed by atoms with E-state index in [1.807, 2.05) is 0 Å². The Bertz CT molecular complexity index is 1270. The zero-order chi connectivity index (χ0) is 20.5. The number of rotatable bonds is 4. The number of allylic oxidation sites excluding steroid dienone is 1. The summed E-state index contributed by atoms with van der Waals surface area (Å²) in [5.74, 6) is -0.448. The van der Waals surface area contributed by atoms with E-state index in [9.17, 15) is 14.0 Å². The van der Waals surface area contributed by atoms with E-state index < -0.39 is 12.0 Å². The Hall–Kier alpha value is -3.26. The highest BCUT2D eigenvalue weighted by molar-refractivity contribution is 7.07. The van der Waals surface area contributed by atoms with Gasteiger partial charge < -0.3 is 9.15 Å². The van der Waals surface area contributed by atoms with Crippen molar-refractivity contribution in [1.29, 1.82) is 0 Å². The number of ether oxygens (including phenoxy) is 1. The maximum Gasteiger partial charge on any atom is 0.338 e. The molecule has 1 unspecified atom stereocenters. The second kappa shape index (κ2) is 7.63. The van der Waals surface area contributed by atoms with Gasteiger partial charge in [0.1, 0.15) is 17.6 Å². The lowest BCUT2D eigenvalue weighted by Crippen LogP contribution is -2.39. The maximum atomic E-state index is 13.2. The Morgan fingerprint density at radius 3 is 2.76 bits per heavy atom. The van der Waals surface area contributed by atoms with Crippen molar-refractivity contribution in [2.45, 2.75) is 19.9 Å². The topological polar surface area (TPSA) is 73.8 Å². The van der Waals surface area contributed by atoms with Gasteiger partial charge in [0, 0.05) is 0 Å². The number of halogens is 1. The summed E-state index contributed by atoms with van der Waals surface area (Å²) in [6, 6.07) is 8.48. The van der Waals surface area contributed by atoms with Gasteiger partial charge >= 0.3 is 5.97 Å². The van der Waals surface area contributed by atoms with Crippen molar-refractivity contribution in [3.05, 3.63) is 90.8 Å². The molecule has 2 aromatic heterocycles. The fourth-order valence-electron chi connectivity index (χ4n) is 3.22. The molecule has 0 saturated carbocycles. The third-order valence-electron chi connectivity index (χ3n) is 4.50. The maximum absolute atomic E-state index is 13.2. The molecular formula is C21H17FN2O4S. The second-order valence-electron chi connectivity index (χ2n) is 6.37. The van der Waals surface area contributed by atoms with Crippen LogP contribution in [0.2, 0.25) is 0 Å². The molecule has 0 spiro atoms. The lowest BCUT2D eigenvalue weighted by molar-refractivity contribution is -0.139. The summed E-state index contributed by atoms with van der Waals surface area (Å²) in [5, 5.41) is 0. The van der Waals surface area contributed by atoms with E-state index in [2.05, 4.69) is 4.99 Å². The first-order valence-electron chi connectivity index (χ1n) is 8.98. The Morgan fingerprint density at radius 2 is 2.10 bits per heavy atom. The van der Waals surface area contributed by atoms with Gasteiger partial charge in [-0.25, -0.2) is 14.2 Å². The van der Waals surface area contributed by atoms with E-state index in [4.69, 9.17) is 9.15 Å². The zero-order valence-electron chi connectivity index (χ0n) is 15.7. The lowest BCUT2D eigenvalue weighted by Gasteiger charge is -2.22. The lowest BCUT2D eigenvalue weighted by atomic mass is 10.0. The van der Waals surface area contributed by atoms with Gasteiger partial charge in [-0.1, -0.05) is 23.5 Å². The first kappa shape index (κ1) is 19.1. The molecule has 4 rings (SSSR count). The minimum Gasteiger partial charge on any atom is -0.467 e. The molecule has 1 aromatic carbocycles. The molecule has 0 aliphatic carbocycles.